The number of pyridine rings is 1. The predicted octanol–water partition coefficient (Wildman–Crippen LogP) is 5.00. The molecule has 2 heterocycles. The number of rotatable bonds is 5. The van der Waals surface area contributed by atoms with Gasteiger partial charge in [-0.3, -0.25) is 15.2 Å². The van der Waals surface area contributed by atoms with Crippen molar-refractivity contribution in [1.29, 1.82) is 5.41 Å². The van der Waals surface area contributed by atoms with Gasteiger partial charge >= 0.3 is 0 Å². The molecule has 0 radical (unpaired) electrons. The van der Waals surface area contributed by atoms with Gasteiger partial charge in [-0.15, -0.1) is 11.3 Å². The number of amides is 1. The summed E-state index contributed by atoms with van der Waals surface area (Å²) in [5.74, 6) is -1.20. The summed E-state index contributed by atoms with van der Waals surface area (Å²) in [5.41, 5.74) is 2.50. The Morgan fingerprint density at radius 3 is 2.89 bits per heavy atom. The quantitative estimate of drug-likeness (QED) is 0.371. The normalized spacial score (nSPS) is 10.3. The van der Waals surface area contributed by atoms with E-state index in [9.17, 15) is 9.18 Å². The van der Waals surface area contributed by atoms with Gasteiger partial charge in [-0.05, 0) is 48.4 Å². The third kappa shape index (κ3) is 4.09. The Balaban J connectivity index is 1.84. The highest BCUT2D eigenvalue weighted by Crippen LogP contribution is 2.34. The number of ether oxygens (including phenoxy) is 1. The van der Waals surface area contributed by atoms with Crippen LogP contribution in [-0.2, 0) is 4.74 Å². The summed E-state index contributed by atoms with van der Waals surface area (Å²) in [4.78, 5) is 16.8. The summed E-state index contributed by atoms with van der Waals surface area (Å²) < 4.78 is 18.7. The first-order valence-electron chi connectivity index (χ1n) is 7.98. The summed E-state index contributed by atoms with van der Waals surface area (Å²) in [6.07, 6.45) is 3.58. The van der Waals surface area contributed by atoms with Crippen molar-refractivity contribution in [2.24, 2.45) is 0 Å². The molecule has 0 atom stereocenters. The minimum Gasteiger partial charge on any atom is -0.447 e. The average molecular weight is 381 g/mol. The SMILES string of the molecule is C=COC(=N)c1ccc(C)c(-c2ccc(NC(=O)c3ccncc3F)s2)c1. The molecule has 0 bridgehead atoms. The minimum atomic E-state index is -0.670. The number of hydrogen-bond donors (Lipinski definition) is 2. The smallest absolute Gasteiger partial charge is 0.259 e. The van der Waals surface area contributed by atoms with E-state index in [1.165, 1.54) is 29.9 Å². The van der Waals surface area contributed by atoms with Crippen LogP contribution in [-0.4, -0.2) is 16.8 Å². The topological polar surface area (TPSA) is 75.1 Å². The Kier molecular flexibility index (Phi) is 5.42. The minimum absolute atomic E-state index is 0.00416. The van der Waals surface area contributed by atoms with E-state index in [4.69, 9.17) is 10.1 Å². The fraction of sp³-hybridized carbons (Fsp3) is 0.0500. The number of aryl methyl sites for hydroxylation is 1. The van der Waals surface area contributed by atoms with Crippen molar-refractivity contribution >= 4 is 28.1 Å². The zero-order valence-corrected chi connectivity index (χ0v) is 15.3. The number of benzene rings is 1. The first-order valence-corrected chi connectivity index (χ1v) is 8.79. The number of thiophene rings is 1. The number of aromatic nitrogens is 1. The Labute approximate surface area is 159 Å². The number of anilines is 1. The standard InChI is InChI=1S/C20H16FN3O2S/c1-3-26-19(22)13-5-4-12(2)15(10-13)17-6-7-18(27-17)24-20(25)14-8-9-23-11-16(14)21/h3-11,22H,1H2,2H3,(H,24,25). The lowest BCUT2D eigenvalue weighted by Gasteiger charge is -2.08. The lowest BCUT2D eigenvalue weighted by Crippen LogP contribution is -2.12. The van der Waals surface area contributed by atoms with E-state index < -0.39 is 11.7 Å². The molecule has 27 heavy (non-hydrogen) atoms. The molecule has 0 aliphatic heterocycles. The molecule has 7 heteroatoms. The van der Waals surface area contributed by atoms with Crippen molar-refractivity contribution in [1.82, 2.24) is 4.98 Å². The Morgan fingerprint density at radius 2 is 2.15 bits per heavy atom. The fourth-order valence-electron chi connectivity index (χ4n) is 2.47. The third-order valence-electron chi connectivity index (χ3n) is 3.83. The largest absolute Gasteiger partial charge is 0.447 e. The second kappa shape index (κ2) is 7.92. The summed E-state index contributed by atoms with van der Waals surface area (Å²) in [5, 5.41) is 11.2. The number of carbonyl (C=O) groups excluding carboxylic acids is 1. The van der Waals surface area contributed by atoms with Gasteiger partial charge in [0.15, 0.2) is 5.82 Å². The maximum absolute atomic E-state index is 13.7. The van der Waals surface area contributed by atoms with E-state index in [1.54, 1.807) is 12.1 Å². The summed E-state index contributed by atoms with van der Waals surface area (Å²) in [6, 6.07) is 10.5. The molecule has 1 amide bonds. The van der Waals surface area contributed by atoms with Crippen molar-refractivity contribution in [2.75, 3.05) is 5.32 Å². The Bertz CT molecular complexity index is 1030. The van der Waals surface area contributed by atoms with Crippen LogP contribution in [0, 0.1) is 18.2 Å². The van der Waals surface area contributed by atoms with E-state index in [-0.39, 0.29) is 11.5 Å². The molecule has 0 spiro atoms. The van der Waals surface area contributed by atoms with Crippen molar-refractivity contribution in [3.63, 3.8) is 0 Å². The Hall–Kier alpha value is -3.32. The van der Waals surface area contributed by atoms with Crippen molar-refractivity contribution in [3.05, 3.63) is 84.1 Å². The van der Waals surface area contributed by atoms with Gasteiger partial charge in [0.1, 0.15) is 0 Å². The molecule has 5 nitrogen and oxygen atoms in total. The van der Waals surface area contributed by atoms with Gasteiger partial charge in [0.2, 0.25) is 5.90 Å². The van der Waals surface area contributed by atoms with Crippen LogP contribution in [0.5, 0.6) is 0 Å². The maximum Gasteiger partial charge on any atom is 0.259 e. The van der Waals surface area contributed by atoms with Gasteiger partial charge in [0.25, 0.3) is 5.91 Å². The highest BCUT2D eigenvalue weighted by atomic mass is 32.1. The first-order chi connectivity index (χ1) is 13.0. The van der Waals surface area contributed by atoms with Crippen LogP contribution < -0.4 is 5.32 Å². The molecule has 3 aromatic rings. The van der Waals surface area contributed by atoms with Gasteiger partial charge in [-0.1, -0.05) is 12.6 Å². The van der Waals surface area contributed by atoms with Gasteiger partial charge in [-0.2, -0.15) is 0 Å². The molecule has 2 aromatic heterocycles. The van der Waals surface area contributed by atoms with E-state index in [2.05, 4.69) is 16.9 Å². The third-order valence-corrected chi connectivity index (χ3v) is 4.86. The van der Waals surface area contributed by atoms with E-state index in [0.29, 0.717) is 10.6 Å². The van der Waals surface area contributed by atoms with Crippen LogP contribution in [0.1, 0.15) is 21.5 Å². The molecule has 0 fully saturated rings. The molecule has 3 rings (SSSR count). The maximum atomic E-state index is 13.7. The van der Waals surface area contributed by atoms with Crippen molar-refractivity contribution in [3.8, 4) is 10.4 Å². The molecular weight excluding hydrogens is 365 g/mol. The first kappa shape index (κ1) is 18.5. The number of halogens is 1. The highest BCUT2D eigenvalue weighted by molar-refractivity contribution is 7.19. The van der Waals surface area contributed by atoms with Crippen molar-refractivity contribution in [2.45, 2.75) is 6.92 Å². The van der Waals surface area contributed by atoms with Gasteiger partial charge in [-0.25, -0.2) is 4.39 Å². The van der Waals surface area contributed by atoms with Crippen molar-refractivity contribution < 1.29 is 13.9 Å². The Morgan fingerprint density at radius 1 is 1.33 bits per heavy atom. The van der Waals surface area contributed by atoms with Crippen LogP contribution in [0.2, 0.25) is 0 Å². The summed E-state index contributed by atoms with van der Waals surface area (Å²) in [6.45, 7) is 5.41. The summed E-state index contributed by atoms with van der Waals surface area (Å²) >= 11 is 1.36. The van der Waals surface area contributed by atoms with Crippen LogP contribution >= 0.6 is 11.3 Å². The molecular formula is C20H16FN3O2S. The second-order valence-corrected chi connectivity index (χ2v) is 6.70. The second-order valence-electron chi connectivity index (χ2n) is 5.62. The lowest BCUT2D eigenvalue weighted by molar-refractivity contribution is 0.102. The molecule has 0 unspecified atom stereocenters. The summed E-state index contributed by atoms with van der Waals surface area (Å²) in [7, 11) is 0. The van der Waals surface area contributed by atoms with Crippen LogP contribution in [0.15, 0.2) is 61.6 Å². The van der Waals surface area contributed by atoms with Gasteiger partial charge in [0, 0.05) is 16.6 Å². The molecule has 1 aromatic carbocycles. The fourth-order valence-corrected chi connectivity index (χ4v) is 3.45. The molecule has 136 valence electrons. The zero-order chi connectivity index (χ0) is 19.4. The average Bonchev–Trinajstić information content (AvgIpc) is 3.10. The molecule has 0 aliphatic rings. The number of hydrogen-bond acceptors (Lipinski definition) is 5. The monoisotopic (exact) mass is 381 g/mol. The number of carbonyl (C=O) groups is 1. The van der Waals surface area contributed by atoms with Crippen LogP contribution in [0.25, 0.3) is 10.4 Å². The van der Waals surface area contributed by atoms with E-state index in [0.717, 1.165) is 22.2 Å². The predicted molar refractivity (Wildman–Crippen MR) is 105 cm³/mol. The molecule has 0 saturated carbocycles. The van der Waals surface area contributed by atoms with Crippen LogP contribution in [0.3, 0.4) is 0 Å². The zero-order valence-electron chi connectivity index (χ0n) is 14.5. The van der Waals surface area contributed by atoms with E-state index >= 15 is 0 Å². The molecule has 0 saturated heterocycles. The highest BCUT2D eigenvalue weighted by Gasteiger charge is 2.14. The molecule has 0 aliphatic carbocycles. The molecule has 2 N–H and O–H groups in total. The number of nitrogens with one attached hydrogen (secondary N) is 2. The van der Waals surface area contributed by atoms with Crippen LogP contribution in [0.4, 0.5) is 9.39 Å². The number of nitrogens with zero attached hydrogens (tertiary/aromatic N) is 1. The van der Waals surface area contributed by atoms with Gasteiger partial charge in [0.05, 0.1) is 23.0 Å². The van der Waals surface area contributed by atoms with E-state index in [1.807, 2.05) is 25.1 Å². The van der Waals surface area contributed by atoms with Gasteiger partial charge < -0.3 is 10.1 Å². The lowest BCUT2D eigenvalue weighted by atomic mass is 10.0.